The topological polar surface area (TPSA) is 99.8 Å². The molecule has 0 radical (unpaired) electrons. The summed E-state index contributed by atoms with van der Waals surface area (Å²) in [5, 5.41) is 8.19. The summed E-state index contributed by atoms with van der Waals surface area (Å²) in [4.78, 5) is 38.2. The van der Waals surface area contributed by atoms with Gasteiger partial charge in [-0.05, 0) is 18.9 Å². The number of benzene rings is 1. The van der Waals surface area contributed by atoms with Gasteiger partial charge in [0.25, 0.3) is 0 Å². The molecule has 1 fully saturated rings. The predicted molar refractivity (Wildman–Crippen MR) is 101 cm³/mol. The van der Waals surface area contributed by atoms with E-state index < -0.39 is 12.1 Å². The molecule has 0 saturated carbocycles. The Morgan fingerprint density at radius 3 is 2.59 bits per heavy atom. The van der Waals surface area contributed by atoms with Gasteiger partial charge in [0.1, 0.15) is 11.8 Å². The highest BCUT2D eigenvalue weighted by atomic mass is 16.5. The van der Waals surface area contributed by atoms with Crippen LogP contribution in [-0.4, -0.2) is 62.5 Å². The lowest BCUT2D eigenvalue weighted by molar-refractivity contribution is -0.131. The molecule has 1 heterocycles. The molecule has 8 nitrogen and oxygen atoms in total. The number of nitrogens with one attached hydrogen (secondary N) is 3. The summed E-state index contributed by atoms with van der Waals surface area (Å²) in [6, 6.07) is 6.34. The highest BCUT2D eigenvalue weighted by molar-refractivity contribution is 5.87. The zero-order valence-corrected chi connectivity index (χ0v) is 16.1. The van der Waals surface area contributed by atoms with Crippen LogP contribution in [0.25, 0.3) is 0 Å². The van der Waals surface area contributed by atoms with E-state index in [0.29, 0.717) is 31.8 Å². The highest BCUT2D eigenvalue weighted by Crippen LogP contribution is 2.34. The molecule has 0 aliphatic carbocycles. The van der Waals surface area contributed by atoms with Crippen molar-refractivity contribution in [3.63, 3.8) is 0 Å². The maximum absolute atomic E-state index is 12.7. The summed E-state index contributed by atoms with van der Waals surface area (Å²) in [5.74, 6) is 0.157. The Morgan fingerprint density at radius 1 is 1.22 bits per heavy atom. The first-order valence-corrected chi connectivity index (χ1v) is 9.12. The van der Waals surface area contributed by atoms with Crippen LogP contribution in [0, 0.1) is 0 Å². The van der Waals surface area contributed by atoms with E-state index in [1.807, 2.05) is 29.2 Å². The number of carbonyl (C=O) groups excluding carboxylic acids is 3. The Labute approximate surface area is 159 Å². The average Bonchev–Trinajstić information content (AvgIpc) is 3.14. The zero-order chi connectivity index (χ0) is 19.8. The van der Waals surface area contributed by atoms with Gasteiger partial charge >= 0.3 is 0 Å². The summed E-state index contributed by atoms with van der Waals surface area (Å²) in [6.45, 7) is 2.79. The fraction of sp³-hybridized carbons (Fsp3) is 0.526. The van der Waals surface area contributed by atoms with Crippen LogP contribution in [0.3, 0.4) is 0 Å². The van der Waals surface area contributed by atoms with Crippen molar-refractivity contribution in [2.24, 2.45) is 0 Å². The third-order valence-corrected chi connectivity index (χ3v) is 4.65. The van der Waals surface area contributed by atoms with E-state index in [4.69, 9.17) is 4.74 Å². The van der Waals surface area contributed by atoms with Crippen molar-refractivity contribution in [1.29, 1.82) is 0 Å². The second-order valence-corrected chi connectivity index (χ2v) is 6.43. The van der Waals surface area contributed by atoms with Crippen LogP contribution < -0.4 is 20.7 Å². The Morgan fingerprint density at radius 2 is 1.93 bits per heavy atom. The number of ether oxygens (including phenoxy) is 1. The van der Waals surface area contributed by atoms with E-state index in [1.54, 1.807) is 14.2 Å². The van der Waals surface area contributed by atoms with Gasteiger partial charge in [-0.1, -0.05) is 18.2 Å². The van der Waals surface area contributed by atoms with E-state index in [2.05, 4.69) is 16.0 Å². The number of methoxy groups -OCH3 is 1. The molecule has 2 atom stereocenters. The Bertz CT molecular complexity index is 679. The largest absolute Gasteiger partial charge is 0.496 e. The zero-order valence-electron chi connectivity index (χ0n) is 16.1. The minimum absolute atomic E-state index is 0.136. The van der Waals surface area contributed by atoms with Crippen LogP contribution in [0.15, 0.2) is 24.3 Å². The number of hydrogen-bond donors (Lipinski definition) is 3. The molecule has 0 spiro atoms. The van der Waals surface area contributed by atoms with Crippen LogP contribution in [0.4, 0.5) is 0 Å². The third kappa shape index (κ3) is 5.19. The molecule has 1 aromatic rings. The van der Waals surface area contributed by atoms with Gasteiger partial charge in [-0.3, -0.25) is 19.3 Å². The van der Waals surface area contributed by atoms with Crippen LogP contribution in [-0.2, 0) is 14.4 Å². The molecule has 1 aliphatic heterocycles. The van der Waals surface area contributed by atoms with Gasteiger partial charge in [-0.25, -0.2) is 0 Å². The lowest BCUT2D eigenvalue weighted by atomic mass is 10.0. The second kappa shape index (κ2) is 9.91. The molecular weight excluding hydrogens is 348 g/mol. The summed E-state index contributed by atoms with van der Waals surface area (Å²) in [6.07, 6.45) is 1.50. The number of nitrogens with zero attached hydrogens (tertiary/aromatic N) is 1. The smallest absolute Gasteiger partial charge is 0.241 e. The van der Waals surface area contributed by atoms with Gasteiger partial charge < -0.3 is 20.7 Å². The standard InChI is InChI=1S/C19H28N4O4/c1-13(24)21-10-11-22-18(25)15-8-6-12-23(15)17(19(26)20-2)14-7-4-5-9-16(14)27-3/h4-5,7,9,15,17H,6,8,10-12H2,1-3H3,(H,20,26)(H,21,24)(H,22,25). The van der Waals surface area contributed by atoms with Crippen LogP contribution in [0.1, 0.15) is 31.4 Å². The summed E-state index contributed by atoms with van der Waals surface area (Å²) in [7, 11) is 3.15. The van der Waals surface area contributed by atoms with Crippen molar-refractivity contribution in [1.82, 2.24) is 20.9 Å². The Kier molecular flexibility index (Phi) is 7.60. The van der Waals surface area contributed by atoms with Gasteiger partial charge in [0.05, 0.1) is 13.2 Å². The maximum Gasteiger partial charge on any atom is 0.241 e. The second-order valence-electron chi connectivity index (χ2n) is 6.43. The predicted octanol–water partition coefficient (Wildman–Crippen LogP) is 0.199. The quantitative estimate of drug-likeness (QED) is 0.563. The van der Waals surface area contributed by atoms with Crippen molar-refractivity contribution in [3.8, 4) is 5.75 Å². The van der Waals surface area contributed by atoms with Gasteiger partial charge in [0, 0.05) is 39.2 Å². The average molecular weight is 376 g/mol. The van der Waals surface area contributed by atoms with Gasteiger partial charge in [-0.15, -0.1) is 0 Å². The molecule has 2 rings (SSSR count). The molecule has 3 amide bonds. The lowest BCUT2D eigenvalue weighted by Gasteiger charge is -2.32. The Balaban J connectivity index is 2.18. The molecule has 27 heavy (non-hydrogen) atoms. The first-order valence-electron chi connectivity index (χ1n) is 9.12. The molecule has 1 aromatic carbocycles. The summed E-state index contributed by atoms with van der Waals surface area (Å²) < 4.78 is 5.43. The Hall–Kier alpha value is -2.61. The fourth-order valence-electron chi connectivity index (χ4n) is 3.42. The molecule has 3 N–H and O–H groups in total. The molecule has 2 unspecified atom stereocenters. The van der Waals surface area contributed by atoms with Crippen molar-refractivity contribution in [3.05, 3.63) is 29.8 Å². The molecule has 0 bridgehead atoms. The van der Waals surface area contributed by atoms with Gasteiger partial charge in [0.15, 0.2) is 0 Å². The minimum atomic E-state index is -0.611. The van der Waals surface area contributed by atoms with Crippen LogP contribution >= 0.6 is 0 Å². The normalized spacial score (nSPS) is 17.8. The third-order valence-electron chi connectivity index (χ3n) is 4.65. The van der Waals surface area contributed by atoms with E-state index in [1.165, 1.54) is 6.92 Å². The van der Waals surface area contributed by atoms with E-state index >= 15 is 0 Å². The monoisotopic (exact) mass is 376 g/mol. The number of amides is 3. The van der Waals surface area contributed by atoms with E-state index in [0.717, 1.165) is 12.0 Å². The molecule has 0 aromatic heterocycles. The minimum Gasteiger partial charge on any atom is -0.496 e. The first kappa shape index (κ1) is 20.7. The van der Waals surface area contributed by atoms with E-state index in [-0.39, 0.29) is 17.7 Å². The SMILES string of the molecule is CNC(=O)C(c1ccccc1OC)N1CCCC1C(=O)NCCNC(C)=O. The summed E-state index contributed by atoms with van der Waals surface area (Å²) >= 11 is 0. The molecule has 8 heteroatoms. The summed E-state index contributed by atoms with van der Waals surface area (Å²) in [5.41, 5.74) is 0.734. The van der Waals surface area contributed by atoms with Gasteiger partial charge in [0.2, 0.25) is 17.7 Å². The van der Waals surface area contributed by atoms with Crippen molar-refractivity contribution in [2.75, 3.05) is 33.8 Å². The van der Waals surface area contributed by atoms with Crippen molar-refractivity contribution in [2.45, 2.75) is 31.8 Å². The fourth-order valence-corrected chi connectivity index (χ4v) is 3.42. The number of hydrogen-bond acceptors (Lipinski definition) is 5. The number of likely N-dealkylation sites (tertiary alicyclic amines) is 1. The molecule has 1 aliphatic rings. The lowest BCUT2D eigenvalue weighted by Crippen LogP contribution is -2.49. The number of para-hydroxylation sites is 1. The molecular formula is C19H28N4O4. The van der Waals surface area contributed by atoms with Crippen molar-refractivity contribution >= 4 is 17.7 Å². The number of likely N-dealkylation sites (N-methyl/N-ethyl adjacent to an activating group) is 1. The number of carbonyl (C=O) groups is 3. The van der Waals surface area contributed by atoms with Crippen molar-refractivity contribution < 1.29 is 19.1 Å². The van der Waals surface area contributed by atoms with Gasteiger partial charge in [-0.2, -0.15) is 0 Å². The maximum atomic E-state index is 12.7. The number of rotatable bonds is 8. The molecule has 1 saturated heterocycles. The first-order chi connectivity index (χ1) is 13.0. The van der Waals surface area contributed by atoms with Crippen LogP contribution in [0.2, 0.25) is 0 Å². The van der Waals surface area contributed by atoms with Crippen LogP contribution in [0.5, 0.6) is 5.75 Å². The molecule has 148 valence electrons. The van der Waals surface area contributed by atoms with E-state index in [9.17, 15) is 14.4 Å². The highest BCUT2D eigenvalue weighted by Gasteiger charge is 2.40.